The molecule has 0 radical (unpaired) electrons. The van der Waals surface area contributed by atoms with Crippen molar-refractivity contribution >= 4 is 22.4 Å². The van der Waals surface area contributed by atoms with Crippen molar-refractivity contribution in [2.24, 2.45) is 5.73 Å². The second-order valence-corrected chi connectivity index (χ2v) is 5.76. The molecule has 0 aliphatic rings. The van der Waals surface area contributed by atoms with Gasteiger partial charge in [-0.2, -0.15) is 10.2 Å². The van der Waals surface area contributed by atoms with Crippen LogP contribution in [0.3, 0.4) is 0 Å². The first kappa shape index (κ1) is 17.1. The van der Waals surface area contributed by atoms with Gasteiger partial charge in [-0.25, -0.2) is 0 Å². The minimum Gasteiger partial charge on any atom is -0.382 e. The van der Waals surface area contributed by atoms with E-state index in [0.717, 1.165) is 47.2 Å². The quantitative estimate of drug-likeness (QED) is 0.437. The fraction of sp³-hybridized carbons (Fsp3) is 0.353. The van der Waals surface area contributed by atoms with E-state index in [1.807, 2.05) is 12.3 Å². The average Bonchev–Trinajstić information content (AvgIpc) is 3.09. The van der Waals surface area contributed by atoms with Gasteiger partial charge in [-0.05, 0) is 43.1 Å². The Hall–Kier alpha value is -2.71. The van der Waals surface area contributed by atoms with E-state index >= 15 is 0 Å². The van der Waals surface area contributed by atoms with Gasteiger partial charge in [0.05, 0.1) is 24.5 Å². The second-order valence-electron chi connectivity index (χ2n) is 5.76. The molecule has 8 nitrogen and oxygen atoms in total. The van der Waals surface area contributed by atoms with Crippen LogP contribution in [-0.2, 0) is 4.74 Å². The van der Waals surface area contributed by atoms with E-state index in [-0.39, 0.29) is 0 Å². The molecule has 0 saturated heterocycles. The van der Waals surface area contributed by atoms with E-state index in [1.54, 1.807) is 12.3 Å². The molecular weight excluding hydrogens is 318 g/mol. The van der Waals surface area contributed by atoms with Crippen LogP contribution >= 0.6 is 0 Å². The molecule has 1 aromatic carbocycles. The number of unbranched alkanes of at least 4 members (excludes halogenated alkanes) is 1. The summed E-state index contributed by atoms with van der Waals surface area (Å²) in [6.45, 7) is 2.80. The number of aromatic nitrogens is 4. The van der Waals surface area contributed by atoms with Gasteiger partial charge >= 0.3 is 0 Å². The number of anilines is 2. The molecule has 3 aromatic rings. The smallest absolute Gasteiger partial charge is 0.146 e. The van der Waals surface area contributed by atoms with Crippen LogP contribution in [0.15, 0.2) is 30.6 Å². The fourth-order valence-electron chi connectivity index (χ4n) is 2.61. The lowest BCUT2D eigenvalue weighted by atomic mass is 10.0. The molecule has 132 valence electrons. The summed E-state index contributed by atoms with van der Waals surface area (Å²) in [7, 11) is 0. The Morgan fingerprint density at radius 1 is 1.08 bits per heavy atom. The summed E-state index contributed by atoms with van der Waals surface area (Å²) >= 11 is 0. The van der Waals surface area contributed by atoms with Gasteiger partial charge in [-0.1, -0.05) is 0 Å². The molecule has 0 amide bonds. The topological polar surface area (TPSA) is 128 Å². The summed E-state index contributed by atoms with van der Waals surface area (Å²) in [4.78, 5) is 0. The molecule has 0 unspecified atom stereocenters. The number of nitrogens with zero attached hydrogens (tertiary/aromatic N) is 3. The Bertz CT molecular complexity index is 818. The number of benzene rings is 1. The van der Waals surface area contributed by atoms with Gasteiger partial charge in [-0.3, -0.25) is 5.10 Å². The summed E-state index contributed by atoms with van der Waals surface area (Å²) in [6.07, 6.45) is 5.49. The largest absolute Gasteiger partial charge is 0.382 e. The highest BCUT2D eigenvalue weighted by Gasteiger charge is 2.08. The van der Waals surface area contributed by atoms with E-state index in [1.165, 1.54) is 0 Å². The third kappa shape index (κ3) is 4.43. The van der Waals surface area contributed by atoms with Crippen LogP contribution in [0.1, 0.15) is 12.8 Å². The molecule has 25 heavy (non-hydrogen) atoms. The molecule has 8 heteroatoms. The highest BCUT2D eigenvalue weighted by atomic mass is 16.5. The second kappa shape index (κ2) is 8.41. The predicted octanol–water partition coefficient (Wildman–Crippen LogP) is 1.77. The Labute approximate surface area is 146 Å². The number of aromatic amines is 1. The van der Waals surface area contributed by atoms with E-state index in [9.17, 15) is 0 Å². The molecule has 0 saturated carbocycles. The average molecular weight is 341 g/mol. The number of hydrogen-bond donors (Lipinski definition) is 4. The third-order valence-electron chi connectivity index (χ3n) is 3.87. The Morgan fingerprint density at radius 3 is 2.84 bits per heavy atom. The first-order valence-corrected chi connectivity index (χ1v) is 8.35. The van der Waals surface area contributed by atoms with Gasteiger partial charge in [0.15, 0.2) is 0 Å². The van der Waals surface area contributed by atoms with Crippen molar-refractivity contribution in [1.29, 1.82) is 0 Å². The summed E-state index contributed by atoms with van der Waals surface area (Å²) in [5.41, 5.74) is 15.0. The number of nitrogen functional groups attached to an aromatic ring is 1. The lowest BCUT2D eigenvalue weighted by molar-refractivity contribution is 0.140. The zero-order valence-electron chi connectivity index (χ0n) is 14.0. The Kier molecular flexibility index (Phi) is 5.76. The highest BCUT2D eigenvalue weighted by molar-refractivity contribution is 5.95. The van der Waals surface area contributed by atoms with Crippen LogP contribution in [0.2, 0.25) is 0 Å². The van der Waals surface area contributed by atoms with Crippen LogP contribution in [0.4, 0.5) is 11.5 Å². The summed E-state index contributed by atoms with van der Waals surface area (Å²) in [6, 6.07) is 5.88. The van der Waals surface area contributed by atoms with Crippen LogP contribution < -0.4 is 16.8 Å². The van der Waals surface area contributed by atoms with Crippen LogP contribution in [0.5, 0.6) is 0 Å². The molecule has 2 aromatic heterocycles. The molecule has 0 bridgehead atoms. The van der Waals surface area contributed by atoms with Crippen LogP contribution in [-0.4, -0.2) is 46.7 Å². The van der Waals surface area contributed by atoms with Crippen molar-refractivity contribution in [2.75, 3.05) is 37.4 Å². The maximum atomic E-state index is 5.74. The number of nitrogens with two attached hydrogens (primary N) is 2. The molecule has 2 heterocycles. The molecule has 0 spiro atoms. The first-order valence-electron chi connectivity index (χ1n) is 8.35. The normalized spacial score (nSPS) is 11.1. The van der Waals surface area contributed by atoms with Crippen molar-refractivity contribution < 1.29 is 4.74 Å². The molecule has 0 fully saturated rings. The number of nitrogens with one attached hydrogen (secondary N) is 2. The zero-order valence-corrected chi connectivity index (χ0v) is 14.0. The number of fused-ring (bicyclic) bond motifs is 1. The third-order valence-corrected chi connectivity index (χ3v) is 3.87. The standard InChI is InChI=1S/C17H23N7O/c18-3-1-2-5-25-6-4-20-15-7-12(8-16-14(15)11-22-23-16)13-9-17(19)24-21-10-13/h7-11,20H,1-6,18H2,(H2,19,24)(H,22,23). The first-order chi connectivity index (χ1) is 12.3. The number of ether oxygens (including phenoxy) is 1. The SMILES string of the molecule is NCCCCOCCNc1cc(-c2cnnc(N)c2)cc2[nH]ncc12. The molecule has 6 N–H and O–H groups in total. The predicted molar refractivity (Wildman–Crippen MR) is 99.1 cm³/mol. The number of H-pyrrole nitrogens is 1. The summed E-state index contributed by atoms with van der Waals surface area (Å²) < 4.78 is 5.61. The summed E-state index contributed by atoms with van der Waals surface area (Å²) in [5.74, 6) is 0.391. The van der Waals surface area contributed by atoms with E-state index in [2.05, 4.69) is 31.8 Å². The maximum Gasteiger partial charge on any atom is 0.146 e. The maximum absolute atomic E-state index is 5.74. The minimum absolute atomic E-state index is 0.391. The van der Waals surface area contributed by atoms with Crippen molar-refractivity contribution in [1.82, 2.24) is 20.4 Å². The van der Waals surface area contributed by atoms with E-state index in [4.69, 9.17) is 16.2 Å². The molecule has 3 rings (SSSR count). The molecule has 0 aliphatic carbocycles. The molecular formula is C17H23N7O. The van der Waals surface area contributed by atoms with Gasteiger partial charge in [0.25, 0.3) is 0 Å². The van der Waals surface area contributed by atoms with Crippen LogP contribution in [0, 0.1) is 0 Å². The summed E-state index contributed by atoms with van der Waals surface area (Å²) in [5, 5.41) is 19.3. The lowest BCUT2D eigenvalue weighted by Crippen LogP contribution is -2.11. The van der Waals surface area contributed by atoms with Gasteiger partial charge < -0.3 is 21.5 Å². The molecule has 0 aliphatic heterocycles. The van der Waals surface area contributed by atoms with Gasteiger partial charge in [0.2, 0.25) is 0 Å². The van der Waals surface area contributed by atoms with Crippen molar-refractivity contribution in [3.05, 3.63) is 30.6 Å². The lowest BCUT2D eigenvalue weighted by Gasteiger charge is -2.11. The Morgan fingerprint density at radius 2 is 2.00 bits per heavy atom. The number of hydrogen-bond acceptors (Lipinski definition) is 7. The van der Waals surface area contributed by atoms with Crippen molar-refractivity contribution in [2.45, 2.75) is 12.8 Å². The highest BCUT2D eigenvalue weighted by Crippen LogP contribution is 2.30. The van der Waals surface area contributed by atoms with Crippen molar-refractivity contribution in [3.8, 4) is 11.1 Å². The zero-order chi connectivity index (χ0) is 17.5. The van der Waals surface area contributed by atoms with E-state index in [0.29, 0.717) is 25.5 Å². The van der Waals surface area contributed by atoms with Gasteiger partial charge in [-0.15, -0.1) is 5.10 Å². The van der Waals surface area contributed by atoms with Gasteiger partial charge in [0.1, 0.15) is 5.82 Å². The van der Waals surface area contributed by atoms with Gasteiger partial charge in [0, 0.05) is 29.8 Å². The monoisotopic (exact) mass is 341 g/mol. The van der Waals surface area contributed by atoms with Crippen molar-refractivity contribution in [3.63, 3.8) is 0 Å². The Balaban J connectivity index is 1.70. The fourth-order valence-corrected chi connectivity index (χ4v) is 2.61. The molecule has 0 atom stereocenters. The van der Waals surface area contributed by atoms with E-state index < -0.39 is 0 Å². The van der Waals surface area contributed by atoms with Crippen LogP contribution in [0.25, 0.3) is 22.0 Å². The minimum atomic E-state index is 0.391. The number of rotatable bonds is 9.